The minimum Gasteiger partial charge on any atom is -0.311 e. The largest absolute Gasteiger partial charge is 0.311 e. The maximum atomic E-state index is 12.7. The molecule has 3 aromatic carbocycles. The lowest BCUT2D eigenvalue weighted by Gasteiger charge is -2.30. The number of hydrogen-bond acceptors (Lipinski definition) is 4. The molecule has 1 atom stereocenters. The lowest BCUT2D eigenvalue weighted by Crippen LogP contribution is -2.34. The van der Waals surface area contributed by atoms with E-state index in [1.54, 1.807) is 0 Å². The average molecular weight is 459 g/mol. The molecule has 32 heavy (non-hydrogen) atoms. The van der Waals surface area contributed by atoms with Crippen molar-refractivity contribution >= 4 is 45.8 Å². The number of fused-ring (bicyclic) bond motifs is 1. The van der Waals surface area contributed by atoms with Gasteiger partial charge in [0.25, 0.3) is 0 Å². The van der Waals surface area contributed by atoms with Crippen molar-refractivity contribution in [1.82, 2.24) is 5.32 Å². The van der Waals surface area contributed by atoms with Crippen molar-refractivity contribution in [1.29, 1.82) is 0 Å². The first-order valence-electron chi connectivity index (χ1n) is 10.6. The Labute approximate surface area is 197 Å². The molecule has 1 N–H and O–H groups in total. The van der Waals surface area contributed by atoms with Gasteiger partial charge < -0.3 is 10.2 Å². The van der Waals surface area contributed by atoms with Gasteiger partial charge in [0.2, 0.25) is 11.8 Å². The van der Waals surface area contributed by atoms with Crippen LogP contribution in [0.2, 0.25) is 0 Å². The predicted molar refractivity (Wildman–Crippen MR) is 134 cm³/mol. The summed E-state index contributed by atoms with van der Waals surface area (Å²) < 4.78 is 0.549. The number of thioether (sulfide) groups is 1. The van der Waals surface area contributed by atoms with Crippen molar-refractivity contribution in [2.45, 2.75) is 31.1 Å². The Balaban J connectivity index is 1.34. The summed E-state index contributed by atoms with van der Waals surface area (Å²) >= 11 is 6.51. The Hall–Kier alpha value is -2.96. The van der Waals surface area contributed by atoms with Gasteiger partial charge in [-0.2, -0.15) is 0 Å². The molecule has 1 fully saturated rings. The van der Waals surface area contributed by atoms with Crippen molar-refractivity contribution in [3.63, 3.8) is 0 Å². The van der Waals surface area contributed by atoms with Crippen LogP contribution in [-0.2, 0) is 29.0 Å². The van der Waals surface area contributed by atoms with Crippen LogP contribution in [0.5, 0.6) is 0 Å². The molecule has 2 aliphatic rings. The summed E-state index contributed by atoms with van der Waals surface area (Å²) in [6, 6.07) is 24.9. The highest BCUT2D eigenvalue weighted by Gasteiger charge is 2.30. The summed E-state index contributed by atoms with van der Waals surface area (Å²) in [5.41, 5.74) is 6.67. The van der Waals surface area contributed by atoms with Crippen LogP contribution in [0.3, 0.4) is 0 Å². The number of carbonyl (C=O) groups excluding carboxylic acids is 2. The molecular formula is C26H22N2O2S2. The maximum Gasteiger partial charge on any atom is 0.239 e. The Morgan fingerprint density at radius 2 is 1.62 bits per heavy atom. The van der Waals surface area contributed by atoms with Crippen molar-refractivity contribution in [3.05, 3.63) is 89.5 Å². The minimum absolute atomic E-state index is 0.0199. The number of nitrogens with zero attached hydrogens (tertiary/aromatic N) is 1. The van der Waals surface area contributed by atoms with Gasteiger partial charge in [0.15, 0.2) is 0 Å². The molecule has 160 valence electrons. The third kappa shape index (κ3) is 4.33. The van der Waals surface area contributed by atoms with Gasteiger partial charge in [-0.15, -0.1) is 0 Å². The zero-order chi connectivity index (χ0) is 22.1. The van der Waals surface area contributed by atoms with Gasteiger partial charge in [-0.25, -0.2) is 0 Å². The van der Waals surface area contributed by atoms with Gasteiger partial charge in [0.05, 0.1) is 11.8 Å². The van der Waals surface area contributed by atoms with Crippen molar-refractivity contribution < 1.29 is 9.59 Å². The van der Waals surface area contributed by atoms with E-state index < -0.39 is 0 Å². The van der Waals surface area contributed by atoms with Crippen molar-refractivity contribution in [2.24, 2.45) is 0 Å². The van der Waals surface area contributed by atoms with Crippen LogP contribution in [0, 0.1) is 0 Å². The van der Waals surface area contributed by atoms with E-state index in [9.17, 15) is 9.59 Å². The van der Waals surface area contributed by atoms with Gasteiger partial charge in [0, 0.05) is 12.1 Å². The van der Waals surface area contributed by atoms with Gasteiger partial charge in [0.1, 0.15) is 4.32 Å². The summed E-state index contributed by atoms with van der Waals surface area (Å²) in [5, 5.41) is 2.53. The third-order valence-corrected chi connectivity index (χ3v) is 7.31. The van der Waals surface area contributed by atoms with E-state index in [2.05, 4.69) is 47.8 Å². The maximum absolute atomic E-state index is 12.7. The number of amides is 2. The summed E-state index contributed by atoms with van der Waals surface area (Å²) in [5.74, 6) is 0.127. The molecule has 5 rings (SSSR count). The molecule has 0 radical (unpaired) electrons. The van der Waals surface area contributed by atoms with E-state index in [4.69, 9.17) is 12.2 Å². The first-order valence-corrected chi connectivity index (χ1v) is 11.9. The molecule has 2 aliphatic heterocycles. The van der Waals surface area contributed by atoms with Crippen LogP contribution in [0.4, 0.5) is 5.69 Å². The first-order chi connectivity index (χ1) is 15.6. The van der Waals surface area contributed by atoms with E-state index in [1.807, 2.05) is 35.2 Å². The zero-order valence-electron chi connectivity index (χ0n) is 17.4. The fourth-order valence-electron chi connectivity index (χ4n) is 4.27. The topological polar surface area (TPSA) is 49.4 Å². The molecule has 0 bridgehead atoms. The quantitative estimate of drug-likeness (QED) is 0.553. The van der Waals surface area contributed by atoms with E-state index in [0.29, 0.717) is 23.7 Å². The SMILES string of the molecule is O=C1NC(=S)SC1Cc1ccc2c(c1)CCC(=O)N2Cc1ccc(-c2ccccc2)cc1. The van der Waals surface area contributed by atoms with Gasteiger partial charge in [-0.05, 0) is 46.7 Å². The Morgan fingerprint density at radius 3 is 2.34 bits per heavy atom. The monoisotopic (exact) mass is 458 g/mol. The molecule has 2 heterocycles. The lowest BCUT2D eigenvalue weighted by molar-refractivity contribution is -0.119. The minimum atomic E-state index is -0.176. The second-order valence-corrected chi connectivity index (χ2v) is 9.97. The number of anilines is 1. The molecular weight excluding hydrogens is 436 g/mol. The van der Waals surface area contributed by atoms with E-state index in [-0.39, 0.29) is 17.1 Å². The number of hydrogen-bond donors (Lipinski definition) is 1. The van der Waals surface area contributed by atoms with Crippen LogP contribution < -0.4 is 10.2 Å². The summed E-state index contributed by atoms with van der Waals surface area (Å²) in [6.07, 6.45) is 1.87. The smallest absolute Gasteiger partial charge is 0.239 e. The van der Waals surface area contributed by atoms with Crippen molar-refractivity contribution in [3.8, 4) is 11.1 Å². The molecule has 2 amide bonds. The molecule has 0 aromatic heterocycles. The van der Waals surface area contributed by atoms with Gasteiger partial charge in [-0.3, -0.25) is 9.59 Å². The molecule has 1 unspecified atom stereocenters. The average Bonchev–Trinajstić information content (AvgIpc) is 3.13. The third-order valence-electron chi connectivity index (χ3n) is 5.93. The lowest BCUT2D eigenvalue weighted by atomic mass is 9.96. The normalized spacial score (nSPS) is 17.9. The fraction of sp³-hybridized carbons (Fsp3) is 0.192. The second kappa shape index (κ2) is 8.88. The summed E-state index contributed by atoms with van der Waals surface area (Å²) in [7, 11) is 0. The number of aryl methyl sites for hydroxylation is 1. The van der Waals surface area contributed by atoms with E-state index >= 15 is 0 Å². The fourth-order valence-corrected chi connectivity index (χ4v) is 5.58. The molecule has 1 saturated heterocycles. The van der Waals surface area contributed by atoms with Crippen LogP contribution in [-0.4, -0.2) is 21.4 Å². The first kappa shape index (κ1) is 20.9. The Morgan fingerprint density at radius 1 is 0.906 bits per heavy atom. The summed E-state index contributed by atoms with van der Waals surface area (Å²) in [4.78, 5) is 26.6. The number of benzene rings is 3. The van der Waals surface area contributed by atoms with Gasteiger partial charge >= 0.3 is 0 Å². The number of thiocarbonyl (C=S) groups is 1. The van der Waals surface area contributed by atoms with Crippen LogP contribution in [0.15, 0.2) is 72.8 Å². The molecule has 4 nitrogen and oxygen atoms in total. The highest BCUT2D eigenvalue weighted by Crippen LogP contribution is 2.32. The second-order valence-electron chi connectivity index (χ2n) is 8.09. The predicted octanol–water partition coefficient (Wildman–Crippen LogP) is 4.89. The highest BCUT2D eigenvalue weighted by atomic mass is 32.2. The molecule has 0 aliphatic carbocycles. The molecule has 0 saturated carbocycles. The molecule has 3 aromatic rings. The van der Waals surface area contributed by atoms with E-state index in [0.717, 1.165) is 34.4 Å². The number of nitrogens with one attached hydrogen (secondary N) is 1. The molecule has 6 heteroatoms. The zero-order valence-corrected chi connectivity index (χ0v) is 19.0. The Kier molecular flexibility index (Phi) is 5.81. The van der Waals surface area contributed by atoms with Gasteiger partial charge in [-0.1, -0.05) is 90.7 Å². The van der Waals surface area contributed by atoms with Crippen LogP contribution in [0.25, 0.3) is 11.1 Å². The van der Waals surface area contributed by atoms with E-state index in [1.165, 1.54) is 17.3 Å². The highest BCUT2D eigenvalue weighted by molar-refractivity contribution is 8.24. The number of carbonyl (C=O) groups is 2. The standard InChI is InChI=1S/C26H22N2O2S2/c29-24-13-11-21-14-18(15-23-25(30)27-26(31)32-23)8-12-22(21)28(24)16-17-6-9-20(10-7-17)19-4-2-1-3-5-19/h1-10,12,14,23H,11,13,15-16H2,(H,27,30,31). The number of rotatable bonds is 5. The van der Waals surface area contributed by atoms with Crippen LogP contribution in [0.1, 0.15) is 23.1 Å². The van der Waals surface area contributed by atoms with Crippen LogP contribution >= 0.6 is 24.0 Å². The molecule has 0 spiro atoms. The Bertz CT molecular complexity index is 1190. The summed E-state index contributed by atoms with van der Waals surface area (Å²) in [6.45, 7) is 0.551. The van der Waals surface area contributed by atoms with Crippen molar-refractivity contribution in [2.75, 3.05) is 4.90 Å².